The van der Waals surface area contributed by atoms with Crippen molar-refractivity contribution in [3.8, 4) is 0 Å². The Morgan fingerprint density at radius 1 is 1.31 bits per heavy atom. The van der Waals surface area contributed by atoms with E-state index in [1.807, 2.05) is 19.1 Å². The Bertz CT molecular complexity index is 294. The molecule has 0 unspecified atom stereocenters. The van der Waals surface area contributed by atoms with Gasteiger partial charge in [0, 0.05) is 12.6 Å². The van der Waals surface area contributed by atoms with Crippen molar-refractivity contribution in [2.45, 2.75) is 46.2 Å². The van der Waals surface area contributed by atoms with Crippen LogP contribution in [-0.2, 0) is 6.54 Å². The molecule has 3 heteroatoms. The third-order valence-corrected chi connectivity index (χ3v) is 2.74. The van der Waals surface area contributed by atoms with E-state index in [1.54, 1.807) is 0 Å². The second-order valence-corrected chi connectivity index (χ2v) is 4.51. The van der Waals surface area contributed by atoms with Gasteiger partial charge in [-0.1, -0.05) is 0 Å². The molecule has 0 saturated carbocycles. The molecule has 0 amide bonds. The monoisotopic (exact) mass is 225 g/mol. The summed E-state index contributed by atoms with van der Waals surface area (Å²) in [5, 5.41) is 8.77. The van der Waals surface area contributed by atoms with E-state index in [0.29, 0.717) is 6.04 Å². The van der Waals surface area contributed by atoms with E-state index in [0.717, 1.165) is 37.5 Å². The molecule has 0 fully saturated rings. The largest absolute Gasteiger partial charge is 0.465 e. The first-order valence-electron chi connectivity index (χ1n) is 6.03. The molecule has 1 aromatic heterocycles. The molecule has 0 saturated heterocycles. The first-order valence-corrected chi connectivity index (χ1v) is 6.03. The highest BCUT2D eigenvalue weighted by atomic mass is 16.3. The highest BCUT2D eigenvalue weighted by molar-refractivity contribution is 5.05. The zero-order valence-electron chi connectivity index (χ0n) is 10.6. The lowest BCUT2D eigenvalue weighted by Crippen LogP contribution is -2.31. The van der Waals surface area contributed by atoms with Crippen LogP contribution in [0.15, 0.2) is 16.5 Å². The Hall–Kier alpha value is -0.800. The van der Waals surface area contributed by atoms with Crippen LogP contribution in [0, 0.1) is 6.92 Å². The summed E-state index contributed by atoms with van der Waals surface area (Å²) in [7, 11) is 0. The quantitative estimate of drug-likeness (QED) is 0.725. The molecule has 1 heterocycles. The van der Waals surface area contributed by atoms with E-state index in [1.165, 1.54) is 0 Å². The number of aryl methyl sites for hydroxylation is 1. The molecule has 0 atom stereocenters. The van der Waals surface area contributed by atoms with Crippen molar-refractivity contribution >= 4 is 0 Å². The fourth-order valence-electron chi connectivity index (χ4n) is 1.72. The summed E-state index contributed by atoms with van der Waals surface area (Å²) in [6, 6.07) is 4.54. The van der Waals surface area contributed by atoms with Gasteiger partial charge in [0.15, 0.2) is 0 Å². The minimum Gasteiger partial charge on any atom is -0.465 e. The van der Waals surface area contributed by atoms with Gasteiger partial charge in [0.2, 0.25) is 0 Å². The van der Waals surface area contributed by atoms with Crippen molar-refractivity contribution in [3.63, 3.8) is 0 Å². The van der Waals surface area contributed by atoms with Crippen LogP contribution < -0.4 is 0 Å². The molecule has 0 aliphatic heterocycles. The van der Waals surface area contributed by atoms with Crippen molar-refractivity contribution in [1.82, 2.24) is 4.90 Å². The average Bonchev–Trinajstić information content (AvgIpc) is 2.63. The van der Waals surface area contributed by atoms with E-state index >= 15 is 0 Å². The number of rotatable bonds is 7. The third-order valence-electron chi connectivity index (χ3n) is 2.74. The first-order chi connectivity index (χ1) is 7.63. The molecule has 0 aliphatic carbocycles. The summed E-state index contributed by atoms with van der Waals surface area (Å²) in [6.45, 7) is 8.50. The normalized spacial score (nSPS) is 11.6. The molecule has 1 rings (SSSR count). The molecule has 0 aliphatic rings. The maximum absolute atomic E-state index is 8.77. The van der Waals surface area contributed by atoms with Crippen LogP contribution >= 0.6 is 0 Å². The number of aliphatic hydroxyl groups excluding tert-OH is 1. The lowest BCUT2D eigenvalue weighted by atomic mass is 10.2. The molecule has 16 heavy (non-hydrogen) atoms. The zero-order valence-corrected chi connectivity index (χ0v) is 10.6. The fourth-order valence-corrected chi connectivity index (χ4v) is 1.72. The molecule has 0 bridgehead atoms. The van der Waals surface area contributed by atoms with Gasteiger partial charge < -0.3 is 9.52 Å². The predicted molar refractivity (Wildman–Crippen MR) is 65.3 cm³/mol. The van der Waals surface area contributed by atoms with E-state index in [-0.39, 0.29) is 6.61 Å². The van der Waals surface area contributed by atoms with Crippen molar-refractivity contribution in [2.24, 2.45) is 0 Å². The Labute approximate surface area is 98.1 Å². The van der Waals surface area contributed by atoms with E-state index < -0.39 is 0 Å². The Morgan fingerprint density at radius 3 is 2.56 bits per heavy atom. The lowest BCUT2D eigenvalue weighted by Gasteiger charge is -2.25. The molecule has 92 valence electrons. The molecule has 0 aromatic carbocycles. The predicted octanol–water partition coefficient (Wildman–Crippen LogP) is 2.57. The van der Waals surface area contributed by atoms with Gasteiger partial charge >= 0.3 is 0 Å². The van der Waals surface area contributed by atoms with Crippen LogP contribution in [0.4, 0.5) is 0 Å². The Morgan fingerprint density at radius 2 is 2.06 bits per heavy atom. The summed E-state index contributed by atoms with van der Waals surface area (Å²) in [6.07, 6.45) is 1.91. The maximum Gasteiger partial charge on any atom is 0.118 e. The van der Waals surface area contributed by atoms with Crippen molar-refractivity contribution in [2.75, 3.05) is 13.2 Å². The van der Waals surface area contributed by atoms with Crippen LogP contribution in [-0.4, -0.2) is 29.2 Å². The molecule has 1 N–H and O–H groups in total. The van der Waals surface area contributed by atoms with Crippen molar-refractivity contribution in [3.05, 3.63) is 23.7 Å². The van der Waals surface area contributed by atoms with E-state index in [9.17, 15) is 0 Å². The molecule has 0 radical (unpaired) electrons. The number of hydrogen-bond donors (Lipinski definition) is 1. The fraction of sp³-hybridized carbons (Fsp3) is 0.692. The van der Waals surface area contributed by atoms with Gasteiger partial charge in [-0.25, -0.2) is 0 Å². The summed E-state index contributed by atoms with van der Waals surface area (Å²) in [5.41, 5.74) is 0. The van der Waals surface area contributed by atoms with Crippen LogP contribution in [0.2, 0.25) is 0 Å². The lowest BCUT2D eigenvalue weighted by molar-refractivity contribution is 0.184. The number of hydrogen-bond acceptors (Lipinski definition) is 3. The van der Waals surface area contributed by atoms with Crippen molar-refractivity contribution in [1.29, 1.82) is 0 Å². The highest BCUT2D eigenvalue weighted by Crippen LogP contribution is 2.12. The average molecular weight is 225 g/mol. The van der Waals surface area contributed by atoms with Gasteiger partial charge in [-0.2, -0.15) is 0 Å². The number of aliphatic hydroxyl groups is 1. The third kappa shape index (κ3) is 4.37. The second kappa shape index (κ2) is 6.71. The van der Waals surface area contributed by atoms with Gasteiger partial charge in [0.25, 0.3) is 0 Å². The molecule has 3 nitrogen and oxygen atoms in total. The van der Waals surface area contributed by atoms with Crippen LogP contribution in [0.3, 0.4) is 0 Å². The summed E-state index contributed by atoms with van der Waals surface area (Å²) in [4.78, 5) is 2.37. The van der Waals surface area contributed by atoms with Crippen LogP contribution in [0.25, 0.3) is 0 Å². The molecular weight excluding hydrogens is 202 g/mol. The standard InChI is InChI=1S/C13H23NO2/c1-11(2)14(8-4-5-9-15)10-13-7-6-12(3)16-13/h6-7,11,15H,4-5,8-10H2,1-3H3. The molecular formula is C13H23NO2. The van der Waals surface area contributed by atoms with Gasteiger partial charge in [0.1, 0.15) is 11.5 Å². The summed E-state index contributed by atoms with van der Waals surface area (Å²) < 4.78 is 5.58. The number of furan rings is 1. The Balaban J connectivity index is 2.44. The molecule has 0 spiro atoms. The summed E-state index contributed by atoms with van der Waals surface area (Å²) >= 11 is 0. The minimum absolute atomic E-state index is 0.284. The maximum atomic E-state index is 8.77. The van der Waals surface area contributed by atoms with Gasteiger partial charge in [0.05, 0.1) is 6.54 Å². The topological polar surface area (TPSA) is 36.6 Å². The Kier molecular flexibility index (Phi) is 5.56. The van der Waals surface area contributed by atoms with Gasteiger partial charge in [-0.05, 0) is 52.3 Å². The summed E-state index contributed by atoms with van der Waals surface area (Å²) in [5.74, 6) is 1.99. The number of nitrogens with zero attached hydrogens (tertiary/aromatic N) is 1. The van der Waals surface area contributed by atoms with Crippen LogP contribution in [0.5, 0.6) is 0 Å². The number of unbranched alkanes of at least 4 members (excludes halogenated alkanes) is 1. The van der Waals surface area contributed by atoms with E-state index in [4.69, 9.17) is 9.52 Å². The van der Waals surface area contributed by atoms with E-state index in [2.05, 4.69) is 18.7 Å². The highest BCUT2D eigenvalue weighted by Gasteiger charge is 2.11. The van der Waals surface area contributed by atoms with Crippen LogP contribution in [0.1, 0.15) is 38.2 Å². The molecule has 1 aromatic rings. The second-order valence-electron chi connectivity index (χ2n) is 4.51. The smallest absolute Gasteiger partial charge is 0.118 e. The first kappa shape index (κ1) is 13.3. The zero-order chi connectivity index (χ0) is 12.0. The van der Waals surface area contributed by atoms with Gasteiger partial charge in [-0.15, -0.1) is 0 Å². The SMILES string of the molecule is Cc1ccc(CN(CCCCO)C(C)C)o1. The van der Waals surface area contributed by atoms with Gasteiger partial charge in [-0.3, -0.25) is 4.90 Å². The van der Waals surface area contributed by atoms with Crippen molar-refractivity contribution < 1.29 is 9.52 Å². The minimum atomic E-state index is 0.284.